The van der Waals surface area contributed by atoms with Gasteiger partial charge in [0.1, 0.15) is 6.61 Å². The summed E-state index contributed by atoms with van der Waals surface area (Å²) in [6.07, 6.45) is 2.37. The molecule has 0 spiro atoms. The van der Waals surface area contributed by atoms with Gasteiger partial charge in [0.15, 0.2) is 5.75 Å². The molecule has 0 aromatic heterocycles. The van der Waals surface area contributed by atoms with Crippen LogP contribution in [0.1, 0.15) is 18.4 Å². The average Bonchev–Trinajstić information content (AvgIpc) is 2.75. The number of hydrogen-bond acceptors (Lipinski definition) is 5. The van der Waals surface area contributed by atoms with Crippen LogP contribution in [-0.4, -0.2) is 60.0 Å². The van der Waals surface area contributed by atoms with Gasteiger partial charge in [0.25, 0.3) is 0 Å². The molecule has 0 saturated carbocycles. The molecule has 1 aliphatic heterocycles. The number of carbonyl (C=O) groups excluding carboxylic acids is 1. The molecule has 1 saturated heterocycles. The molecule has 0 atom stereocenters. The van der Waals surface area contributed by atoms with E-state index in [0.717, 1.165) is 39.0 Å². The van der Waals surface area contributed by atoms with Crippen LogP contribution in [0.15, 0.2) is 54.6 Å². The molecule has 0 aliphatic carbocycles. The van der Waals surface area contributed by atoms with Gasteiger partial charge in [0.05, 0.1) is 4.92 Å². The van der Waals surface area contributed by atoms with Gasteiger partial charge in [-0.15, -0.1) is 0 Å². The van der Waals surface area contributed by atoms with Gasteiger partial charge in [-0.05, 0) is 24.5 Å². The highest BCUT2D eigenvalue weighted by atomic mass is 16.6. The van der Waals surface area contributed by atoms with Crippen LogP contribution in [0.5, 0.6) is 5.75 Å². The zero-order valence-electron chi connectivity index (χ0n) is 16.5. The Hall–Kier alpha value is -2.93. The van der Waals surface area contributed by atoms with Crippen molar-refractivity contribution in [3.05, 3.63) is 70.3 Å². The number of hydrogen-bond donors (Lipinski definition) is 0. The van der Waals surface area contributed by atoms with Crippen molar-refractivity contribution in [2.75, 3.05) is 39.3 Å². The van der Waals surface area contributed by atoms with E-state index in [2.05, 4.69) is 17.0 Å². The molecule has 0 bridgehead atoms. The first-order valence-electron chi connectivity index (χ1n) is 10.0. The summed E-state index contributed by atoms with van der Waals surface area (Å²) in [5, 5.41) is 11.0. The number of para-hydroxylation sites is 2. The fourth-order valence-corrected chi connectivity index (χ4v) is 3.48. The minimum absolute atomic E-state index is 0.0154. The van der Waals surface area contributed by atoms with Crippen LogP contribution in [0.2, 0.25) is 0 Å². The number of piperazine rings is 1. The third-order valence-electron chi connectivity index (χ3n) is 5.15. The Morgan fingerprint density at radius 1 is 1.00 bits per heavy atom. The van der Waals surface area contributed by atoms with E-state index in [-0.39, 0.29) is 11.6 Å². The SMILES string of the molecule is O=C(CCCc1ccccc1)N1CCN(CCOc2ccccc2[N+](=O)[O-])CC1. The fourth-order valence-electron chi connectivity index (χ4n) is 3.48. The lowest BCUT2D eigenvalue weighted by Gasteiger charge is -2.34. The molecule has 2 aromatic carbocycles. The molecule has 2 aromatic rings. The Balaban J connectivity index is 1.34. The van der Waals surface area contributed by atoms with Crippen molar-refractivity contribution in [3.63, 3.8) is 0 Å². The van der Waals surface area contributed by atoms with E-state index in [4.69, 9.17) is 4.74 Å². The maximum Gasteiger partial charge on any atom is 0.310 e. The van der Waals surface area contributed by atoms with E-state index in [1.54, 1.807) is 18.2 Å². The summed E-state index contributed by atoms with van der Waals surface area (Å²) in [6, 6.07) is 16.6. The Morgan fingerprint density at radius 3 is 2.41 bits per heavy atom. The first-order chi connectivity index (χ1) is 14.1. The molecule has 0 unspecified atom stereocenters. The molecule has 0 N–H and O–H groups in total. The number of nitrogens with zero attached hydrogens (tertiary/aromatic N) is 3. The summed E-state index contributed by atoms with van der Waals surface area (Å²) in [6.45, 7) is 4.10. The van der Waals surface area contributed by atoms with Crippen molar-refractivity contribution in [1.29, 1.82) is 0 Å². The maximum absolute atomic E-state index is 12.4. The van der Waals surface area contributed by atoms with Crippen molar-refractivity contribution in [1.82, 2.24) is 9.80 Å². The summed E-state index contributed by atoms with van der Waals surface area (Å²) in [5.41, 5.74) is 1.25. The van der Waals surface area contributed by atoms with Crippen molar-refractivity contribution in [2.45, 2.75) is 19.3 Å². The highest BCUT2D eigenvalue weighted by Gasteiger charge is 2.21. The van der Waals surface area contributed by atoms with E-state index in [1.165, 1.54) is 11.6 Å². The summed E-state index contributed by atoms with van der Waals surface area (Å²) >= 11 is 0. The maximum atomic E-state index is 12.4. The summed E-state index contributed by atoms with van der Waals surface area (Å²) in [5.74, 6) is 0.515. The second-order valence-corrected chi connectivity index (χ2v) is 7.13. The first-order valence-corrected chi connectivity index (χ1v) is 10.0. The zero-order valence-corrected chi connectivity index (χ0v) is 16.5. The number of rotatable bonds is 9. The van der Waals surface area contributed by atoms with Crippen LogP contribution in [-0.2, 0) is 11.2 Å². The van der Waals surface area contributed by atoms with Gasteiger partial charge < -0.3 is 9.64 Å². The third-order valence-corrected chi connectivity index (χ3v) is 5.15. The molecular weight excluding hydrogens is 370 g/mol. The number of amides is 1. The van der Waals surface area contributed by atoms with E-state index in [0.29, 0.717) is 25.3 Å². The Morgan fingerprint density at radius 2 is 1.69 bits per heavy atom. The number of ether oxygens (including phenoxy) is 1. The number of nitro benzene ring substituents is 1. The minimum Gasteiger partial charge on any atom is -0.485 e. The standard InChI is InChI=1S/C22H27N3O4/c26-22(12-6-9-19-7-2-1-3-8-19)24-15-13-23(14-16-24)17-18-29-21-11-5-4-10-20(21)25(27)28/h1-5,7-8,10-11H,6,9,12-18H2. The topological polar surface area (TPSA) is 75.9 Å². The monoisotopic (exact) mass is 397 g/mol. The first kappa shape index (κ1) is 20.8. The largest absolute Gasteiger partial charge is 0.485 e. The molecule has 1 heterocycles. The lowest BCUT2D eigenvalue weighted by Crippen LogP contribution is -2.49. The van der Waals surface area contributed by atoms with Crippen LogP contribution >= 0.6 is 0 Å². The molecular formula is C22H27N3O4. The zero-order chi connectivity index (χ0) is 20.5. The number of aryl methyl sites for hydroxylation is 1. The molecule has 7 nitrogen and oxygen atoms in total. The fraction of sp³-hybridized carbons (Fsp3) is 0.409. The van der Waals surface area contributed by atoms with Gasteiger partial charge in [-0.1, -0.05) is 42.5 Å². The predicted octanol–water partition coefficient (Wildman–Crippen LogP) is 3.14. The second-order valence-electron chi connectivity index (χ2n) is 7.13. The highest BCUT2D eigenvalue weighted by molar-refractivity contribution is 5.76. The summed E-state index contributed by atoms with van der Waals surface area (Å²) < 4.78 is 5.61. The second kappa shape index (κ2) is 10.6. The van der Waals surface area contributed by atoms with Gasteiger partial charge in [-0.2, -0.15) is 0 Å². The summed E-state index contributed by atoms with van der Waals surface area (Å²) in [7, 11) is 0. The van der Waals surface area contributed by atoms with Crippen LogP contribution in [0.25, 0.3) is 0 Å². The van der Waals surface area contributed by atoms with Gasteiger partial charge in [0, 0.05) is 45.2 Å². The smallest absolute Gasteiger partial charge is 0.310 e. The third kappa shape index (κ3) is 6.29. The lowest BCUT2D eigenvalue weighted by molar-refractivity contribution is -0.385. The van der Waals surface area contributed by atoms with Crippen molar-refractivity contribution < 1.29 is 14.5 Å². The average molecular weight is 397 g/mol. The van der Waals surface area contributed by atoms with Crippen LogP contribution < -0.4 is 4.74 Å². The van der Waals surface area contributed by atoms with Gasteiger partial charge in [0.2, 0.25) is 5.91 Å². The van der Waals surface area contributed by atoms with Gasteiger partial charge >= 0.3 is 5.69 Å². The van der Waals surface area contributed by atoms with Crippen molar-refractivity contribution in [2.24, 2.45) is 0 Å². The molecule has 1 amide bonds. The minimum atomic E-state index is -0.433. The molecule has 1 fully saturated rings. The van der Waals surface area contributed by atoms with Gasteiger partial charge in [-0.25, -0.2) is 0 Å². The van der Waals surface area contributed by atoms with Crippen molar-refractivity contribution >= 4 is 11.6 Å². The Labute approximate surface area is 171 Å². The highest BCUT2D eigenvalue weighted by Crippen LogP contribution is 2.25. The van der Waals surface area contributed by atoms with E-state index in [9.17, 15) is 14.9 Å². The van der Waals surface area contributed by atoms with E-state index < -0.39 is 4.92 Å². The number of nitro groups is 1. The molecule has 7 heteroatoms. The molecule has 1 aliphatic rings. The molecule has 154 valence electrons. The van der Waals surface area contributed by atoms with Crippen LogP contribution in [0.3, 0.4) is 0 Å². The normalized spacial score (nSPS) is 14.6. The van der Waals surface area contributed by atoms with E-state index >= 15 is 0 Å². The van der Waals surface area contributed by atoms with Gasteiger partial charge in [-0.3, -0.25) is 19.8 Å². The Bertz CT molecular complexity index is 805. The number of benzene rings is 2. The molecule has 3 rings (SSSR count). The summed E-state index contributed by atoms with van der Waals surface area (Å²) in [4.78, 5) is 27.2. The lowest BCUT2D eigenvalue weighted by atomic mass is 10.1. The number of carbonyl (C=O) groups is 1. The molecule has 29 heavy (non-hydrogen) atoms. The molecule has 0 radical (unpaired) electrons. The van der Waals surface area contributed by atoms with Crippen LogP contribution in [0, 0.1) is 10.1 Å². The van der Waals surface area contributed by atoms with E-state index in [1.807, 2.05) is 23.1 Å². The predicted molar refractivity (Wildman–Crippen MR) is 111 cm³/mol. The van der Waals surface area contributed by atoms with Crippen molar-refractivity contribution in [3.8, 4) is 5.75 Å². The Kier molecular flexibility index (Phi) is 7.58. The van der Waals surface area contributed by atoms with Crippen LogP contribution in [0.4, 0.5) is 5.69 Å². The quantitative estimate of drug-likeness (QED) is 0.480.